The van der Waals surface area contributed by atoms with Gasteiger partial charge in [-0.05, 0) is 43.7 Å². The third-order valence-corrected chi connectivity index (χ3v) is 5.99. The van der Waals surface area contributed by atoms with Crippen LogP contribution in [0.25, 0.3) is 0 Å². The van der Waals surface area contributed by atoms with Gasteiger partial charge in [-0.25, -0.2) is 4.79 Å². The second-order valence-electron chi connectivity index (χ2n) is 8.18. The van der Waals surface area contributed by atoms with Gasteiger partial charge in [0, 0.05) is 25.2 Å². The Morgan fingerprint density at radius 2 is 1.76 bits per heavy atom. The number of anilines is 1. The van der Waals surface area contributed by atoms with Gasteiger partial charge in [-0.15, -0.1) is 0 Å². The van der Waals surface area contributed by atoms with Gasteiger partial charge in [0.1, 0.15) is 0 Å². The fourth-order valence-corrected chi connectivity index (χ4v) is 3.88. The van der Waals surface area contributed by atoms with E-state index in [2.05, 4.69) is 12.2 Å². The molecule has 0 saturated heterocycles. The van der Waals surface area contributed by atoms with Crippen LogP contribution in [0.15, 0.2) is 34.9 Å². The Hall–Kier alpha value is -3.49. The van der Waals surface area contributed by atoms with E-state index in [0.29, 0.717) is 11.7 Å². The van der Waals surface area contributed by atoms with Crippen LogP contribution in [-0.2, 0) is 9.53 Å². The van der Waals surface area contributed by atoms with Crippen LogP contribution in [0, 0.1) is 5.92 Å². The first-order valence-corrected chi connectivity index (χ1v) is 10.9. The van der Waals surface area contributed by atoms with Crippen molar-refractivity contribution in [1.82, 2.24) is 4.90 Å². The molecule has 0 unspecified atom stereocenters. The molecule has 1 aromatic carbocycles. The first-order valence-electron chi connectivity index (χ1n) is 10.9. The maximum atomic E-state index is 12.9. The zero-order valence-electron chi connectivity index (χ0n) is 19.4. The number of carbonyl (C=O) groups excluding carboxylic acids is 3. The summed E-state index contributed by atoms with van der Waals surface area (Å²) < 4.78 is 21.0. The maximum Gasteiger partial charge on any atom is 0.340 e. The number of nitrogens with zero attached hydrogens (tertiary/aromatic N) is 1. The van der Waals surface area contributed by atoms with Crippen LogP contribution in [0.1, 0.15) is 53.5 Å². The van der Waals surface area contributed by atoms with Crippen molar-refractivity contribution in [2.45, 2.75) is 38.6 Å². The average molecular weight is 459 g/mol. The Morgan fingerprint density at radius 3 is 2.36 bits per heavy atom. The number of methoxy groups -OCH3 is 2. The number of ether oxygens (including phenoxy) is 3. The first kappa shape index (κ1) is 24.2. The van der Waals surface area contributed by atoms with Crippen LogP contribution < -0.4 is 14.8 Å². The molecule has 9 heteroatoms. The fourth-order valence-electron chi connectivity index (χ4n) is 3.88. The van der Waals surface area contributed by atoms with Gasteiger partial charge in [0.05, 0.1) is 31.7 Å². The standard InChI is InChI=1S/C24H30N2O7/c1-15-7-9-16(10-8-15)26(2)22(27)14-33-24(29)17-12-20(30-3)21(31-4)13-18(17)25-23(28)19-6-5-11-32-19/h5-6,11-13,15-16H,7-10,14H2,1-4H3,(H,25,28). The van der Waals surface area contributed by atoms with Crippen molar-refractivity contribution >= 4 is 23.5 Å². The molecule has 2 amide bonds. The van der Waals surface area contributed by atoms with E-state index >= 15 is 0 Å². The number of hydrogen-bond acceptors (Lipinski definition) is 7. The summed E-state index contributed by atoms with van der Waals surface area (Å²) >= 11 is 0. The number of amides is 2. The van der Waals surface area contributed by atoms with Crippen molar-refractivity contribution < 1.29 is 33.0 Å². The van der Waals surface area contributed by atoms with Gasteiger partial charge in [-0.2, -0.15) is 0 Å². The lowest BCUT2D eigenvalue weighted by atomic mass is 9.87. The van der Waals surface area contributed by atoms with E-state index in [-0.39, 0.29) is 34.7 Å². The van der Waals surface area contributed by atoms with Crippen molar-refractivity contribution in [3.63, 3.8) is 0 Å². The number of furan rings is 1. The SMILES string of the molecule is COc1cc(NC(=O)c2ccco2)c(C(=O)OCC(=O)N(C)C2CCC(C)CC2)cc1OC. The minimum Gasteiger partial charge on any atom is -0.493 e. The second-order valence-corrected chi connectivity index (χ2v) is 8.18. The molecule has 9 nitrogen and oxygen atoms in total. The van der Waals surface area contributed by atoms with Crippen molar-refractivity contribution in [3.05, 3.63) is 41.9 Å². The largest absolute Gasteiger partial charge is 0.493 e. The molecule has 1 saturated carbocycles. The van der Waals surface area contributed by atoms with Crippen LogP contribution in [0.5, 0.6) is 11.5 Å². The Labute approximate surface area is 193 Å². The number of rotatable bonds is 8. The van der Waals surface area contributed by atoms with Gasteiger partial charge >= 0.3 is 5.97 Å². The summed E-state index contributed by atoms with van der Waals surface area (Å²) in [6.07, 6.45) is 5.40. The summed E-state index contributed by atoms with van der Waals surface area (Å²) in [4.78, 5) is 39.6. The smallest absolute Gasteiger partial charge is 0.340 e. The minimum atomic E-state index is -0.773. The molecule has 1 fully saturated rings. The average Bonchev–Trinajstić information content (AvgIpc) is 3.37. The molecule has 0 aliphatic heterocycles. The summed E-state index contributed by atoms with van der Waals surface area (Å²) in [5.41, 5.74) is 0.163. The quantitative estimate of drug-likeness (QED) is 0.601. The van der Waals surface area contributed by atoms with E-state index in [4.69, 9.17) is 18.6 Å². The van der Waals surface area contributed by atoms with Crippen LogP contribution >= 0.6 is 0 Å². The lowest BCUT2D eigenvalue weighted by Gasteiger charge is -2.33. The zero-order valence-corrected chi connectivity index (χ0v) is 19.4. The maximum absolute atomic E-state index is 12.9. The summed E-state index contributed by atoms with van der Waals surface area (Å²) in [5.74, 6) is -0.269. The molecule has 2 aromatic rings. The molecule has 1 heterocycles. The van der Waals surface area contributed by atoms with Crippen molar-refractivity contribution in [3.8, 4) is 11.5 Å². The van der Waals surface area contributed by atoms with Crippen LogP contribution in [-0.4, -0.2) is 56.6 Å². The monoisotopic (exact) mass is 458 g/mol. The molecule has 1 aliphatic rings. The normalized spacial score (nSPS) is 17.7. The molecular weight excluding hydrogens is 428 g/mol. The van der Waals surface area contributed by atoms with Gasteiger partial charge in [-0.3, -0.25) is 9.59 Å². The predicted octanol–water partition coefficient (Wildman–Crippen LogP) is 3.74. The fraction of sp³-hybridized carbons (Fsp3) is 0.458. The summed E-state index contributed by atoms with van der Waals surface area (Å²) in [7, 11) is 4.61. The van der Waals surface area contributed by atoms with Crippen LogP contribution in [0.2, 0.25) is 0 Å². The molecule has 0 radical (unpaired) electrons. The van der Waals surface area contributed by atoms with Gasteiger partial charge in [0.15, 0.2) is 23.9 Å². The highest BCUT2D eigenvalue weighted by atomic mass is 16.5. The van der Waals surface area contributed by atoms with E-state index in [1.54, 1.807) is 18.0 Å². The van der Waals surface area contributed by atoms with Crippen LogP contribution in [0.3, 0.4) is 0 Å². The van der Waals surface area contributed by atoms with E-state index in [0.717, 1.165) is 25.7 Å². The van der Waals surface area contributed by atoms with E-state index in [1.165, 1.54) is 38.7 Å². The molecule has 0 atom stereocenters. The lowest BCUT2D eigenvalue weighted by molar-refractivity contribution is -0.136. The van der Waals surface area contributed by atoms with Gasteiger partial charge in [0.25, 0.3) is 11.8 Å². The Bertz CT molecular complexity index is 979. The summed E-state index contributed by atoms with van der Waals surface area (Å²) in [6.45, 7) is 1.81. The Kier molecular flexibility index (Phi) is 7.97. The minimum absolute atomic E-state index is 0.0227. The number of likely N-dealkylation sites (N-methyl/N-ethyl adjacent to an activating group) is 1. The second kappa shape index (κ2) is 10.9. The van der Waals surface area contributed by atoms with Crippen LogP contribution in [0.4, 0.5) is 5.69 Å². The summed E-state index contributed by atoms with van der Waals surface area (Å²) in [5, 5.41) is 2.62. The molecule has 1 aromatic heterocycles. The Morgan fingerprint density at radius 1 is 1.09 bits per heavy atom. The van der Waals surface area contributed by atoms with Gasteiger partial charge in [0.2, 0.25) is 0 Å². The molecule has 0 bridgehead atoms. The molecular formula is C24H30N2O7. The topological polar surface area (TPSA) is 107 Å². The molecule has 3 rings (SSSR count). The number of carbonyl (C=O) groups is 3. The van der Waals surface area contributed by atoms with Gasteiger partial charge < -0.3 is 28.8 Å². The van der Waals surface area contributed by atoms with E-state index in [9.17, 15) is 14.4 Å². The van der Waals surface area contributed by atoms with Crippen molar-refractivity contribution in [2.24, 2.45) is 5.92 Å². The number of esters is 1. The number of hydrogen-bond donors (Lipinski definition) is 1. The lowest BCUT2D eigenvalue weighted by Crippen LogP contribution is -2.41. The number of benzene rings is 1. The first-order chi connectivity index (χ1) is 15.8. The Balaban J connectivity index is 1.73. The third kappa shape index (κ3) is 5.85. The van der Waals surface area contributed by atoms with E-state index < -0.39 is 18.5 Å². The third-order valence-electron chi connectivity index (χ3n) is 5.99. The highest BCUT2D eigenvalue weighted by Gasteiger charge is 2.26. The molecule has 178 valence electrons. The predicted molar refractivity (Wildman–Crippen MR) is 121 cm³/mol. The molecule has 1 N–H and O–H groups in total. The molecule has 1 aliphatic carbocycles. The summed E-state index contributed by atoms with van der Waals surface area (Å²) in [6, 6.07) is 6.07. The molecule has 0 spiro atoms. The highest BCUT2D eigenvalue weighted by molar-refractivity contribution is 6.07. The van der Waals surface area contributed by atoms with Gasteiger partial charge in [-0.1, -0.05) is 6.92 Å². The van der Waals surface area contributed by atoms with Crippen molar-refractivity contribution in [1.29, 1.82) is 0 Å². The highest BCUT2D eigenvalue weighted by Crippen LogP contribution is 2.34. The van der Waals surface area contributed by atoms with Crippen molar-refractivity contribution in [2.75, 3.05) is 33.2 Å². The number of nitrogens with one attached hydrogen (secondary N) is 1. The molecule has 33 heavy (non-hydrogen) atoms. The van der Waals surface area contributed by atoms with E-state index in [1.807, 2.05) is 0 Å². The zero-order chi connectivity index (χ0) is 24.0.